The third-order valence-corrected chi connectivity index (χ3v) is 3.13. The standard InChI is InChI=1S/C12H8OS/c1-2-4-11-9(3-1)7-12-10(8-13-11)5-6-14-12/h1-8H. The molecule has 0 atom stereocenters. The topological polar surface area (TPSA) is 9.23 Å². The normalized spacial score (nSPS) is 12.6. The summed E-state index contributed by atoms with van der Waals surface area (Å²) in [5.41, 5.74) is 1.14. The zero-order valence-electron chi connectivity index (χ0n) is 7.44. The molecule has 0 saturated heterocycles. The molecule has 68 valence electrons. The number of thiophene rings is 1. The Morgan fingerprint density at radius 1 is 1.07 bits per heavy atom. The smallest absolute Gasteiger partial charge is 0.133 e. The number of ether oxygens (including phenoxy) is 1. The van der Waals surface area contributed by atoms with Gasteiger partial charge in [-0.05, 0) is 23.6 Å². The minimum Gasteiger partial charge on any atom is -0.464 e. The summed E-state index contributed by atoms with van der Waals surface area (Å²) in [6.07, 6.45) is 3.98. The molecule has 2 heterocycles. The molecule has 0 saturated carbocycles. The Labute approximate surface area is 85.6 Å². The van der Waals surface area contributed by atoms with Crippen LogP contribution < -0.4 is 14.5 Å². The van der Waals surface area contributed by atoms with Crippen molar-refractivity contribution < 1.29 is 4.74 Å². The predicted octanol–water partition coefficient (Wildman–Crippen LogP) is 1.71. The zero-order valence-corrected chi connectivity index (χ0v) is 8.25. The summed E-state index contributed by atoms with van der Waals surface area (Å²) in [5, 5.41) is 3.24. The molecule has 2 aromatic rings. The van der Waals surface area contributed by atoms with E-state index in [4.69, 9.17) is 4.74 Å². The molecule has 1 aliphatic rings. The molecule has 0 amide bonds. The monoisotopic (exact) mass is 200 g/mol. The maximum atomic E-state index is 5.58. The fraction of sp³-hybridized carbons (Fsp3) is 0. The highest BCUT2D eigenvalue weighted by Gasteiger charge is 2.02. The second-order valence-corrected chi connectivity index (χ2v) is 4.11. The SMILES string of the molecule is C1=c2ccsc2=Cc2ccccc2O1. The number of hydrogen-bond donors (Lipinski definition) is 0. The summed E-state index contributed by atoms with van der Waals surface area (Å²) in [6.45, 7) is 0. The Bertz CT molecular complexity index is 580. The van der Waals surface area contributed by atoms with Crippen LogP contribution in [0.4, 0.5) is 0 Å². The first-order valence-corrected chi connectivity index (χ1v) is 5.32. The van der Waals surface area contributed by atoms with Gasteiger partial charge < -0.3 is 4.74 Å². The minimum absolute atomic E-state index is 0.927. The van der Waals surface area contributed by atoms with Crippen molar-refractivity contribution in [3.05, 3.63) is 51.0 Å². The molecule has 1 aliphatic heterocycles. The van der Waals surface area contributed by atoms with Crippen LogP contribution in [-0.2, 0) is 0 Å². The van der Waals surface area contributed by atoms with E-state index in [9.17, 15) is 0 Å². The van der Waals surface area contributed by atoms with Crippen molar-refractivity contribution in [1.29, 1.82) is 0 Å². The highest BCUT2D eigenvalue weighted by Crippen LogP contribution is 2.19. The summed E-state index contributed by atoms with van der Waals surface area (Å²) in [7, 11) is 0. The average Bonchev–Trinajstić information content (AvgIpc) is 2.58. The van der Waals surface area contributed by atoms with E-state index in [0.717, 1.165) is 16.5 Å². The van der Waals surface area contributed by atoms with Gasteiger partial charge in [-0.25, -0.2) is 0 Å². The van der Waals surface area contributed by atoms with Gasteiger partial charge in [-0.2, -0.15) is 0 Å². The van der Waals surface area contributed by atoms with Crippen LogP contribution in [0.15, 0.2) is 35.7 Å². The number of para-hydroxylation sites is 1. The van der Waals surface area contributed by atoms with Crippen molar-refractivity contribution in [2.24, 2.45) is 0 Å². The molecule has 3 rings (SSSR count). The molecule has 0 spiro atoms. The average molecular weight is 200 g/mol. The van der Waals surface area contributed by atoms with Gasteiger partial charge in [0.1, 0.15) is 5.75 Å². The Kier molecular flexibility index (Phi) is 1.67. The summed E-state index contributed by atoms with van der Waals surface area (Å²) in [5.74, 6) is 0.927. The molecule has 0 unspecified atom stereocenters. The van der Waals surface area contributed by atoms with Crippen molar-refractivity contribution in [2.45, 2.75) is 0 Å². The number of rotatable bonds is 0. The van der Waals surface area contributed by atoms with Crippen LogP contribution in [0, 0.1) is 0 Å². The lowest BCUT2D eigenvalue weighted by molar-refractivity contribution is 0.539. The highest BCUT2D eigenvalue weighted by molar-refractivity contribution is 7.07. The van der Waals surface area contributed by atoms with Crippen molar-refractivity contribution in [1.82, 2.24) is 0 Å². The van der Waals surface area contributed by atoms with E-state index in [2.05, 4.69) is 23.6 Å². The number of hydrogen-bond acceptors (Lipinski definition) is 2. The van der Waals surface area contributed by atoms with E-state index in [-0.39, 0.29) is 0 Å². The third-order valence-electron chi connectivity index (χ3n) is 2.25. The van der Waals surface area contributed by atoms with Gasteiger partial charge in [-0.1, -0.05) is 18.2 Å². The van der Waals surface area contributed by atoms with E-state index in [1.54, 1.807) is 11.3 Å². The van der Waals surface area contributed by atoms with E-state index < -0.39 is 0 Å². The Hall–Kier alpha value is -1.54. The van der Waals surface area contributed by atoms with Gasteiger partial charge >= 0.3 is 0 Å². The van der Waals surface area contributed by atoms with Crippen molar-refractivity contribution in [3.63, 3.8) is 0 Å². The maximum Gasteiger partial charge on any atom is 0.133 e. The number of benzene rings is 1. The second kappa shape index (κ2) is 3.00. The van der Waals surface area contributed by atoms with Crippen LogP contribution in [0.5, 0.6) is 5.75 Å². The first kappa shape index (κ1) is 7.83. The van der Waals surface area contributed by atoms with Crippen LogP contribution in [0.3, 0.4) is 0 Å². The van der Waals surface area contributed by atoms with Gasteiger partial charge in [0.2, 0.25) is 0 Å². The molecule has 1 aromatic carbocycles. The molecule has 2 heteroatoms. The highest BCUT2D eigenvalue weighted by atomic mass is 32.1. The van der Waals surface area contributed by atoms with Gasteiger partial charge in [0.15, 0.2) is 0 Å². The Morgan fingerprint density at radius 3 is 3.00 bits per heavy atom. The van der Waals surface area contributed by atoms with E-state index in [0.29, 0.717) is 0 Å². The maximum absolute atomic E-state index is 5.58. The lowest BCUT2D eigenvalue weighted by Crippen LogP contribution is -2.17. The van der Waals surface area contributed by atoms with Crippen LogP contribution in [0.2, 0.25) is 0 Å². The summed E-state index contributed by atoms with van der Waals surface area (Å²) >= 11 is 1.74. The van der Waals surface area contributed by atoms with Crippen LogP contribution >= 0.6 is 11.3 Å². The second-order valence-electron chi connectivity index (χ2n) is 3.16. The van der Waals surface area contributed by atoms with Crippen LogP contribution in [0.1, 0.15) is 5.56 Å². The summed E-state index contributed by atoms with van der Waals surface area (Å²) < 4.78 is 6.84. The molecular formula is C12H8OS. The molecule has 0 bridgehead atoms. The Morgan fingerprint density at radius 2 is 2.00 bits per heavy atom. The van der Waals surface area contributed by atoms with Gasteiger partial charge in [0, 0.05) is 15.3 Å². The van der Waals surface area contributed by atoms with E-state index in [1.165, 1.54) is 4.53 Å². The van der Waals surface area contributed by atoms with Gasteiger partial charge in [-0.3, -0.25) is 0 Å². The first-order valence-electron chi connectivity index (χ1n) is 4.45. The minimum atomic E-state index is 0.927. The molecule has 0 N–H and O–H groups in total. The molecule has 0 fully saturated rings. The molecular weight excluding hydrogens is 192 g/mol. The van der Waals surface area contributed by atoms with Gasteiger partial charge in [0.05, 0.1) is 6.26 Å². The molecule has 14 heavy (non-hydrogen) atoms. The van der Waals surface area contributed by atoms with Crippen molar-refractivity contribution >= 4 is 23.7 Å². The lowest BCUT2D eigenvalue weighted by atomic mass is 10.2. The van der Waals surface area contributed by atoms with Gasteiger partial charge in [-0.15, -0.1) is 11.3 Å². The lowest BCUT2D eigenvalue weighted by Gasteiger charge is -2.01. The zero-order chi connectivity index (χ0) is 9.38. The quantitative estimate of drug-likeness (QED) is 0.629. The molecule has 1 aromatic heterocycles. The Balaban J connectivity index is 2.36. The van der Waals surface area contributed by atoms with Crippen molar-refractivity contribution in [3.8, 4) is 5.75 Å². The van der Waals surface area contributed by atoms with E-state index in [1.807, 2.05) is 24.5 Å². The first-order chi connectivity index (χ1) is 6.93. The molecule has 0 radical (unpaired) electrons. The van der Waals surface area contributed by atoms with Gasteiger partial charge in [0.25, 0.3) is 0 Å². The summed E-state index contributed by atoms with van der Waals surface area (Å²) in [6, 6.07) is 10.1. The molecule has 0 aliphatic carbocycles. The number of fused-ring (bicyclic) bond motifs is 2. The summed E-state index contributed by atoms with van der Waals surface area (Å²) in [4.78, 5) is 0. The fourth-order valence-electron chi connectivity index (χ4n) is 1.52. The van der Waals surface area contributed by atoms with Crippen LogP contribution in [0.25, 0.3) is 12.3 Å². The van der Waals surface area contributed by atoms with Crippen LogP contribution in [-0.4, -0.2) is 0 Å². The predicted molar refractivity (Wildman–Crippen MR) is 58.7 cm³/mol. The van der Waals surface area contributed by atoms with Crippen molar-refractivity contribution in [2.75, 3.05) is 0 Å². The van der Waals surface area contributed by atoms with E-state index >= 15 is 0 Å². The largest absolute Gasteiger partial charge is 0.464 e. The third kappa shape index (κ3) is 1.16. The fourth-order valence-corrected chi connectivity index (χ4v) is 2.33. The molecule has 1 nitrogen and oxygen atoms in total.